The van der Waals surface area contributed by atoms with Gasteiger partial charge in [-0.1, -0.05) is 6.07 Å². The zero-order valence-corrected chi connectivity index (χ0v) is 12.1. The number of carbonyl (C=O) groups excluding carboxylic acids is 1. The normalized spacial score (nSPS) is 22.9. The van der Waals surface area contributed by atoms with Crippen LogP contribution < -0.4 is 16.7 Å². The second kappa shape index (κ2) is 5.62. The van der Waals surface area contributed by atoms with Crippen LogP contribution in [0.1, 0.15) is 12.8 Å². The number of benzene rings is 1. The van der Waals surface area contributed by atoms with Crippen molar-refractivity contribution in [2.75, 3.05) is 5.32 Å². The van der Waals surface area contributed by atoms with Gasteiger partial charge in [0.15, 0.2) is 0 Å². The van der Waals surface area contributed by atoms with E-state index < -0.39 is 36.6 Å². The molecular weight excluding hydrogens is 306 g/mol. The van der Waals surface area contributed by atoms with Crippen LogP contribution in [0.15, 0.2) is 41.5 Å². The number of H-pyrrole nitrogens is 1. The van der Waals surface area contributed by atoms with Gasteiger partial charge < -0.3 is 16.0 Å². The number of rotatable bonds is 3. The van der Waals surface area contributed by atoms with Crippen LogP contribution in [-0.4, -0.2) is 27.4 Å². The molecule has 1 aliphatic rings. The Hall–Kier alpha value is -2.48. The van der Waals surface area contributed by atoms with E-state index >= 15 is 0 Å². The first kappa shape index (κ1) is 15.4. The third-order valence-electron chi connectivity index (χ3n) is 3.95. The topological polar surface area (TPSA) is 92.9 Å². The Labute approximate surface area is 130 Å². The van der Waals surface area contributed by atoms with Crippen molar-refractivity contribution in [2.24, 2.45) is 11.7 Å². The van der Waals surface area contributed by atoms with E-state index in [1.807, 2.05) is 0 Å². The van der Waals surface area contributed by atoms with Crippen molar-refractivity contribution in [2.45, 2.75) is 24.8 Å². The average Bonchev–Trinajstić information content (AvgIpc) is 3.01. The third-order valence-corrected chi connectivity index (χ3v) is 3.95. The van der Waals surface area contributed by atoms with Gasteiger partial charge in [-0.3, -0.25) is 9.36 Å². The number of halogens is 2. The number of amides is 1. The lowest BCUT2D eigenvalue weighted by molar-refractivity contribution is -0.120. The average molecular weight is 322 g/mol. The number of anilines is 1. The summed E-state index contributed by atoms with van der Waals surface area (Å²) in [7, 11) is 0. The summed E-state index contributed by atoms with van der Waals surface area (Å²) in [6, 6.07) is 5.71. The Morgan fingerprint density at radius 1 is 1.39 bits per heavy atom. The molecule has 1 heterocycles. The summed E-state index contributed by atoms with van der Waals surface area (Å²) in [5.41, 5.74) is 6.30. The van der Waals surface area contributed by atoms with Crippen LogP contribution in [0.25, 0.3) is 5.69 Å². The zero-order chi connectivity index (χ0) is 16.6. The van der Waals surface area contributed by atoms with Gasteiger partial charge in [-0.25, -0.2) is 13.6 Å². The summed E-state index contributed by atoms with van der Waals surface area (Å²) in [4.78, 5) is 26.3. The summed E-state index contributed by atoms with van der Waals surface area (Å²) in [6.45, 7) is 0. The minimum Gasteiger partial charge on any atom is -0.327 e. The SMILES string of the molecule is N[C@@H]1CC(F)(F)C[C@H]1C(=O)Nc1cccc(-n2cc[nH]c2=O)c1. The van der Waals surface area contributed by atoms with Crippen LogP contribution in [-0.2, 0) is 4.79 Å². The van der Waals surface area contributed by atoms with Gasteiger partial charge in [-0.05, 0) is 18.2 Å². The number of nitrogens with two attached hydrogens (primary N) is 1. The van der Waals surface area contributed by atoms with Gasteiger partial charge in [0.2, 0.25) is 5.91 Å². The number of hydrogen-bond donors (Lipinski definition) is 3. The lowest BCUT2D eigenvalue weighted by Gasteiger charge is -2.15. The Balaban J connectivity index is 1.77. The predicted molar refractivity (Wildman–Crippen MR) is 80.7 cm³/mol. The predicted octanol–water partition coefficient (Wildman–Crippen LogP) is 1.48. The molecule has 8 heteroatoms. The van der Waals surface area contributed by atoms with Crippen LogP contribution in [0.2, 0.25) is 0 Å². The van der Waals surface area contributed by atoms with E-state index in [-0.39, 0.29) is 5.69 Å². The molecule has 1 saturated carbocycles. The number of aromatic nitrogens is 2. The first-order valence-electron chi connectivity index (χ1n) is 7.16. The fourth-order valence-electron chi connectivity index (χ4n) is 2.82. The summed E-state index contributed by atoms with van der Waals surface area (Å²) < 4.78 is 28.0. The number of carbonyl (C=O) groups is 1. The molecule has 0 radical (unpaired) electrons. The van der Waals surface area contributed by atoms with Gasteiger partial charge in [-0.2, -0.15) is 0 Å². The molecule has 1 aromatic carbocycles. The highest BCUT2D eigenvalue weighted by Gasteiger charge is 2.47. The van der Waals surface area contributed by atoms with E-state index in [9.17, 15) is 18.4 Å². The molecule has 1 amide bonds. The van der Waals surface area contributed by atoms with Crippen molar-refractivity contribution in [3.63, 3.8) is 0 Å². The molecule has 0 spiro atoms. The highest BCUT2D eigenvalue weighted by Crippen LogP contribution is 2.38. The first-order valence-corrected chi connectivity index (χ1v) is 7.16. The van der Waals surface area contributed by atoms with Gasteiger partial charge in [0.25, 0.3) is 5.92 Å². The van der Waals surface area contributed by atoms with Gasteiger partial charge in [0.05, 0.1) is 11.6 Å². The van der Waals surface area contributed by atoms with Crippen LogP contribution in [0.3, 0.4) is 0 Å². The van der Waals surface area contributed by atoms with Crippen LogP contribution in [0.5, 0.6) is 0 Å². The molecule has 122 valence electrons. The van der Waals surface area contributed by atoms with E-state index in [2.05, 4.69) is 10.3 Å². The van der Waals surface area contributed by atoms with Crippen molar-refractivity contribution in [1.29, 1.82) is 0 Å². The summed E-state index contributed by atoms with van der Waals surface area (Å²) >= 11 is 0. The van der Waals surface area contributed by atoms with E-state index in [1.165, 1.54) is 10.8 Å². The molecule has 1 aliphatic carbocycles. The largest absolute Gasteiger partial charge is 0.330 e. The van der Waals surface area contributed by atoms with Gasteiger partial charge >= 0.3 is 5.69 Å². The number of hydrogen-bond acceptors (Lipinski definition) is 3. The number of alkyl halides is 2. The third kappa shape index (κ3) is 3.16. The molecule has 6 nitrogen and oxygen atoms in total. The minimum atomic E-state index is -2.90. The van der Waals surface area contributed by atoms with E-state index in [0.29, 0.717) is 11.4 Å². The van der Waals surface area contributed by atoms with Crippen LogP contribution in [0.4, 0.5) is 14.5 Å². The van der Waals surface area contributed by atoms with Crippen molar-refractivity contribution in [3.8, 4) is 5.69 Å². The van der Waals surface area contributed by atoms with Crippen molar-refractivity contribution in [3.05, 3.63) is 47.1 Å². The molecule has 1 aromatic heterocycles. The van der Waals surface area contributed by atoms with Gasteiger partial charge in [0.1, 0.15) is 0 Å². The summed E-state index contributed by atoms with van der Waals surface area (Å²) in [5.74, 6) is -4.36. The Kier molecular flexibility index (Phi) is 3.77. The maximum Gasteiger partial charge on any atom is 0.330 e. The quantitative estimate of drug-likeness (QED) is 0.799. The van der Waals surface area contributed by atoms with E-state index in [4.69, 9.17) is 5.73 Å². The molecule has 0 saturated heterocycles. The van der Waals surface area contributed by atoms with Crippen molar-refractivity contribution >= 4 is 11.6 Å². The first-order chi connectivity index (χ1) is 10.9. The fraction of sp³-hybridized carbons (Fsp3) is 0.333. The number of nitrogens with zero attached hydrogens (tertiary/aromatic N) is 1. The Bertz CT molecular complexity index is 784. The maximum atomic E-state index is 13.3. The molecule has 3 rings (SSSR count). The summed E-state index contributed by atoms with van der Waals surface area (Å²) in [6.07, 6.45) is 2.02. The lowest BCUT2D eigenvalue weighted by Crippen LogP contribution is -2.34. The number of nitrogens with one attached hydrogen (secondary N) is 2. The maximum absolute atomic E-state index is 13.3. The van der Waals surface area contributed by atoms with Crippen LogP contribution >= 0.6 is 0 Å². The standard InChI is InChI=1S/C15H16F2N4O2/c16-15(17)7-11(12(18)8-15)13(22)20-9-2-1-3-10(6-9)21-5-4-19-14(21)23/h1-6,11-12H,7-8,18H2,(H,19,23)(H,20,22)/t11-,12-/m1/s1. The monoisotopic (exact) mass is 322 g/mol. The van der Waals surface area contributed by atoms with Crippen molar-refractivity contribution in [1.82, 2.24) is 9.55 Å². The zero-order valence-electron chi connectivity index (χ0n) is 12.1. The Morgan fingerprint density at radius 2 is 2.17 bits per heavy atom. The van der Waals surface area contributed by atoms with Gasteiger partial charge in [-0.15, -0.1) is 0 Å². The highest BCUT2D eigenvalue weighted by atomic mass is 19.3. The molecule has 0 unspecified atom stereocenters. The smallest absolute Gasteiger partial charge is 0.327 e. The molecule has 0 bridgehead atoms. The fourth-order valence-corrected chi connectivity index (χ4v) is 2.82. The number of aromatic amines is 1. The van der Waals surface area contributed by atoms with Crippen molar-refractivity contribution < 1.29 is 13.6 Å². The highest BCUT2D eigenvalue weighted by molar-refractivity contribution is 5.93. The van der Waals surface area contributed by atoms with E-state index in [1.54, 1.807) is 30.5 Å². The van der Waals surface area contributed by atoms with Gasteiger partial charge in [0, 0.05) is 37.0 Å². The van der Waals surface area contributed by atoms with E-state index in [0.717, 1.165) is 0 Å². The lowest BCUT2D eigenvalue weighted by atomic mass is 10.0. The van der Waals surface area contributed by atoms with Crippen LogP contribution in [0, 0.1) is 5.92 Å². The molecular formula is C15H16F2N4O2. The molecule has 2 atom stereocenters. The molecule has 0 aliphatic heterocycles. The molecule has 1 fully saturated rings. The molecule has 23 heavy (non-hydrogen) atoms. The number of imidazole rings is 1. The molecule has 4 N–H and O–H groups in total. The second-order valence-corrected chi connectivity index (χ2v) is 5.71. The Morgan fingerprint density at radius 3 is 2.78 bits per heavy atom. The minimum absolute atomic E-state index is 0.314. The second-order valence-electron chi connectivity index (χ2n) is 5.71. The summed E-state index contributed by atoms with van der Waals surface area (Å²) in [5, 5.41) is 2.60. The molecule has 2 aromatic rings.